The summed E-state index contributed by atoms with van der Waals surface area (Å²) in [6, 6.07) is 3.26. The number of rotatable bonds is 1. The van der Waals surface area contributed by atoms with Gasteiger partial charge in [-0.15, -0.1) is 35.6 Å². The van der Waals surface area contributed by atoms with Crippen LogP contribution in [0.1, 0.15) is 5.56 Å². The van der Waals surface area contributed by atoms with Crippen LogP contribution in [0, 0.1) is 5.82 Å². The molecule has 1 aromatic heterocycles. The van der Waals surface area contributed by atoms with Gasteiger partial charge in [-0.25, -0.2) is 4.39 Å². The third-order valence-electron chi connectivity index (χ3n) is 1.83. The molecule has 1 heterocycles. The minimum atomic E-state index is -0.237. The molecule has 0 atom stereocenters. The first-order valence-electron chi connectivity index (χ1n) is 3.67. The number of fused-ring (bicyclic) bond motifs is 1. The van der Waals surface area contributed by atoms with Crippen molar-refractivity contribution in [1.82, 2.24) is 0 Å². The smallest absolute Gasteiger partial charge is 0.133 e. The second kappa shape index (κ2) is 3.48. The lowest BCUT2D eigenvalue weighted by Crippen LogP contribution is -1.80. The van der Waals surface area contributed by atoms with Gasteiger partial charge in [0.15, 0.2) is 0 Å². The molecule has 1 aromatic carbocycles. The maximum atomic E-state index is 13.4. The zero-order valence-electron chi connectivity index (χ0n) is 6.55. The lowest BCUT2D eigenvalue weighted by atomic mass is 10.2. The molecule has 2 rings (SSSR count). The zero-order chi connectivity index (χ0) is 9.42. The van der Waals surface area contributed by atoms with Crippen LogP contribution in [0.3, 0.4) is 0 Å². The van der Waals surface area contributed by atoms with Crippen LogP contribution in [0.2, 0.25) is 0 Å². The largest absolute Gasteiger partial charge is 0.206 e. The minimum Gasteiger partial charge on any atom is -0.206 e. The van der Waals surface area contributed by atoms with Gasteiger partial charge in [-0.1, -0.05) is 0 Å². The van der Waals surface area contributed by atoms with E-state index in [2.05, 4.69) is 12.6 Å². The topological polar surface area (TPSA) is 0 Å². The molecule has 0 fully saturated rings. The van der Waals surface area contributed by atoms with Crippen molar-refractivity contribution in [2.45, 2.75) is 10.8 Å². The SMILES string of the molecule is Fc1cc(S)cc2scc(CCl)c12. The first kappa shape index (κ1) is 9.31. The van der Waals surface area contributed by atoms with Crippen molar-refractivity contribution in [1.29, 1.82) is 0 Å². The summed E-state index contributed by atoms with van der Waals surface area (Å²) in [5.41, 5.74) is 0.854. The molecule has 0 bridgehead atoms. The summed E-state index contributed by atoms with van der Waals surface area (Å²) in [5.74, 6) is 0.113. The van der Waals surface area contributed by atoms with E-state index in [0.717, 1.165) is 10.3 Å². The van der Waals surface area contributed by atoms with Gasteiger partial charge in [0.25, 0.3) is 0 Å². The molecule has 0 aliphatic heterocycles. The van der Waals surface area contributed by atoms with Crippen molar-refractivity contribution in [2.75, 3.05) is 0 Å². The van der Waals surface area contributed by atoms with E-state index in [1.54, 1.807) is 0 Å². The number of alkyl halides is 1. The minimum absolute atomic E-state index is 0.237. The normalized spacial score (nSPS) is 11.0. The maximum Gasteiger partial charge on any atom is 0.133 e. The van der Waals surface area contributed by atoms with Crippen molar-refractivity contribution in [3.8, 4) is 0 Å². The highest BCUT2D eigenvalue weighted by Crippen LogP contribution is 2.31. The Morgan fingerprint density at radius 3 is 2.92 bits per heavy atom. The van der Waals surface area contributed by atoms with E-state index >= 15 is 0 Å². The van der Waals surface area contributed by atoms with Crippen LogP contribution in [0.4, 0.5) is 4.39 Å². The Morgan fingerprint density at radius 2 is 2.23 bits per heavy atom. The van der Waals surface area contributed by atoms with Gasteiger partial charge in [-0.2, -0.15) is 0 Å². The average molecular weight is 233 g/mol. The second-order valence-corrected chi connectivity index (χ2v) is 4.39. The Kier molecular flexibility index (Phi) is 2.49. The van der Waals surface area contributed by atoms with Crippen molar-refractivity contribution >= 4 is 45.7 Å². The number of benzene rings is 1. The van der Waals surface area contributed by atoms with Gasteiger partial charge in [0, 0.05) is 20.9 Å². The van der Waals surface area contributed by atoms with Gasteiger partial charge in [-0.3, -0.25) is 0 Å². The summed E-state index contributed by atoms with van der Waals surface area (Å²) in [6.07, 6.45) is 0. The Hall–Kier alpha value is -0.250. The molecule has 68 valence electrons. The third-order valence-corrected chi connectivity index (χ3v) is 3.36. The van der Waals surface area contributed by atoms with E-state index in [1.807, 2.05) is 11.4 Å². The molecule has 0 N–H and O–H groups in total. The Morgan fingerprint density at radius 1 is 1.46 bits per heavy atom. The first-order valence-corrected chi connectivity index (χ1v) is 5.53. The van der Waals surface area contributed by atoms with Crippen LogP contribution in [-0.4, -0.2) is 0 Å². The average Bonchev–Trinajstić information content (AvgIpc) is 2.47. The molecule has 0 saturated heterocycles. The predicted octanol–water partition coefficient (Wildman–Crippen LogP) is 4.07. The number of hydrogen-bond acceptors (Lipinski definition) is 2. The van der Waals surface area contributed by atoms with Crippen LogP contribution >= 0.6 is 35.6 Å². The fourth-order valence-corrected chi connectivity index (χ4v) is 2.91. The standard InChI is InChI=1S/C9H6ClFS2/c10-3-5-4-13-8-2-6(12)1-7(11)9(5)8/h1-2,4,12H,3H2. The highest BCUT2D eigenvalue weighted by Gasteiger charge is 2.08. The molecule has 0 radical (unpaired) electrons. The number of thiol groups is 1. The van der Waals surface area contributed by atoms with Crippen LogP contribution in [-0.2, 0) is 5.88 Å². The van der Waals surface area contributed by atoms with E-state index in [9.17, 15) is 4.39 Å². The number of halogens is 2. The van der Waals surface area contributed by atoms with Crippen molar-refractivity contribution in [3.63, 3.8) is 0 Å². The van der Waals surface area contributed by atoms with E-state index in [1.165, 1.54) is 17.4 Å². The highest BCUT2D eigenvalue weighted by molar-refractivity contribution is 7.80. The van der Waals surface area contributed by atoms with E-state index in [4.69, 9.17) is 11.6 Å². The molecule has 0 saturated carbocycles. The summed E-state index contributed by atoms with van der Waals surface area (Å²) >= 11 is 11.3. The molecule has 0 nitrogen and oxygen atoms in total. The maximum absolute atomic E-state index is 13.4. The van der Waals surface area contributed by atoms with Gasteiger partial charge in [0.05, 0.1) is 0 Å². The third kappa shape index (κ3) is 1.56. The van der Waals surface area contributed by atoms with Crippen LogP contribution in [0.5, 0.6) is 0 Å². The number of thiophene rings is 1. The zero-order valence-corrected chi connectivity index (χ0v) is 9.02. The molecule has 0 aliphatic rings. The predicted molar refractivity (Wildman–Crippen MR) is 58.6 cm³/mol. The molecule has 0 spiro atoms. The van der Waals surface area contributed by atoms with Crippen molar-refractivity contribution < 1.29 is 4.39 Å². The van der Waals surface area contributed by atoms with Crippen molar-refractivity contribution in [3.05, 3.63) is 28.9 Å². The monoisotopic (exact) mass is 232 g/mol. The highest BCUT2D eigenvalue weighted by atomic mass is 35.5. The van der Waals surface area contributed by atoms with Gasteiger partial charge in [0.2, 0.25) is 0 Å². The fraction of sp³-hybridized carbons (Fsp3) is 0.111. The van der Waals surface area contributed by atoms with Crippen molar-refractivity contribution in [2.24, 2.45) is 0 Å². The van der Waals surface area contributed by atoms with Crippen LogP contribution in [0.15, 0.2) is 22.4 Å². The Balaban J connectivity index is 2.82. The summed E-state index contributed by atoms with van der Waals surface area (Å²) in [7, 11) is 0. The molecule has 4 heteroatoms. The Labute approximate surface area is 89.7 Å². The van der Waals surface area contributed by atoms with Crippen LogP contribution < -0.4 is 0 Å². The summed E-state index contributed by atoms with van der Waals surface area (Å²) < 4.78 is 14.3. The molecular weight excluding hydrogens is 227 g/mol. The van der Waals surface area contributed by atoms with E-state index < -0.39 is 0 Å². The lowest BCUT2D eigenvalue weighted by Gasteiger charge is -1.97. The second-order valence-electron chi connectivity index (χ2n) is 2.70. The van der Waals surface area contributed by atoms with E-state index in [-0.39, 0.29) is 5.82 Å². The van der Waals surface area contributed by atoms with Gasteiger partial charge in [0.1, 0.15) is 5.82 Å². The first-order chi connectivity index (χ1) is 6.22. The molecular formula is C9H6ClFS2. The summed E-state index contributed by atoms with van der Waals surface area (Å²) in [4.78, 5) is 0.646. The van der Waals surface area contributed by atoms with Gasteiger partial charge < -0.3 is 0 Å². The summed E-state index contributed by atoms with van der Waals surface area (Å²) in [5, 5.41) is 2.52. The lowest BCUT2D eigenvalue weighted by molar-refractivity contribution is 0.636. The summed E-state index contributed by atoms with van der Waals surface area (Å²) in [6.45, 7) is 0. The molecule has 0 aliphatic carbocycles. The fourth-order valence-electron chi connectivity index (χ4n) is 1.26. The van der Waals surface area contributed by atoms with E-state index in [0.29, 0.717) is 16.2 Å². The molecule has 0 amide bonds. The number of hydrogen-bond donors (Lipinski definition) is 1. The molecule has 0 unspecified atom stereocenters. The quantitative estimate of drug-likeness (QED) is 0.556. The Bertz CT molecular complexity index is 450. The van der Waals surface area contributed by atoms with Crippen LogP contribution in [0.25, 0.3) is 10.1 Å². The van der Waals surface area contributed by atoms with Gasteiger partial charge in [-0.05, 0) is 23.1 Å². The molecule has 2 aromatic rings. The van der Waals surface area contributed by atoms with Gasteiger partial charge >= 0.3 is 0 Å². The molecule has 13 heavy (non-hydrogen) atoms.